The summed E-state index contributed by atoms with van der Waals surface area (Å²) in [6.45, 7) is 3.57. The summed E-state index contributed by atoms with van der Waals surface area (Å²) in [7, 11) is 0. The summed E-state index contributed by atoms with van der Waals surface area (Å²) in [6.07, 6.45) is 3.52. The SMILES string of the molecule is Cc1ccc(NC(=O)Nc2cc(F)cc(O[C@H]3CCCNC3)c2)cn1. The zero-order chi connectivity index (χ0) is 17.6. The molecule has 132 valence electrons. The lowest BCUT2D eigenvalue weighted by Crippen LogP contribution is -2.37. The van der Waals surface area contributed by atoms with E-state index in [1.807, 2.05) is 6.92 Å². The van der Waals surface area contributed by atoms with Crippen molar-refractivity contribution in [3.8, 4) is 5.75 Å². The molecular formula is C18H21FN4O2. The number of benzene rings is 1. The molecule has 1 atom stereocenters. The van der Waals surface area contributed by atoms with Crippen LogP contribution in [0.2, 0.25) is 0 Å². The van der Waals surface area contributed by atoms with E-state index in [9.17, 15) is 9.18 Å². The highest BCUT2D eigenvalue weighted by Crippen LogP contribution is 2.23. The molecule has 0 saturated carbocycles. The number of carbonyl (C=O) groups excluding carboxylic acids is 1. The van der Waals surface area contributed by atoms with Gasteiger partial charge >= 0.3 is 6.03 Å². The number of amides is 2. The van der Waals surface area contributed by atoms with Crippen molar-refractivity contribution in [1.29, 1.82) is 0 Å². The number of nitrogens with zero attached hydrogens (tertiary/aromatic N) is 1. The Kier molecular flexibility index (Phi) is 5.45. The highest BCUT2D eigenvalue weighted by atomic mass is 19.1. The van der Waals surface area contributed by atoms with Crippen LogP contribution < -0.4 is 20.7 Å². The minimum atomic E-state index is -0.471. The number of aromatic nitrogens is 1. The van der Waals surface area contributed by atoms with Gasteiger partial charge in [-0.2, -0.15) is 0 Å². The lowest BCUT2D eigenvalue weighted by molar-refractivity contribution is 0.166. The average Bonchev–Trinajstić information content (AvgIpc) is 2.57. The van der Waals surface area contributed by atoms with E-state index in [0.717, 1.165) is 31.6 Å². The Bertz CT molecular complexity index is 730. The lowest BCUT2D eigenvalue weighted by atomic mass is 10.1. The average molecular weight is 344 g/mol. The smallest absolute Gasteiger partial charge is 0.323 e. The molecule has 1 aliphatic rings. The van der Waals surface area contributed by atoms with E-state index in [-0.39, 0.29) is 6.10 Å². The van der Waals surface area contributed by atoms with Crippen molar-refractivity contribution in [2.75, 3.05) is 23.7 Å². The maximum atomic E-state index is 13.8. The van der Waals surface area contributed by atoms with Crippen LogP contribution in [-0.4, -0.2) is 30.2 Å². The van der Waals surface area contributed by atoms with Gasteiger partial charge in [-0.1, -0.05) is 0 Å². The zero-order valence-corrected chi connectivity index (χ0v) is 14.0. The third-order valence-electron chi connectivity index (χ3n) is 3.85. The van der Waals surface area contributed by atoms with Crippen LogP contribution in [-0.2, 0) is 0 Å². The molecule has 7 heteroatoms. The van der Waals surface area contributed by atoms with Crippen LogP contribution in [0, 0.1) is 12.7 Å². The number of nitrogens with one attached hydrogen (secondary N) is 3. The predicted molar refractivity (Wildman–Crippen MR) is 94.5 cm³/mol. The maximum absolute atomic E-state index is 13.8. The fourth-order valence-corrected chi connectivity index (χ4v) is 2.65. The van der Waals surface area contributed by atoms with Crippen molar-refractivity contribution in [2.45, 2.75) is 25.9 Å². The molecule has 1 saturated heterocycles. The number of hydrogen-bond acceptors (Lipinski definition) is 4. The van der Waals surface area contributed by atoms with Crippen LogP contribution >= 0.6 is 0 Å². The van der Waals surface area contributed by atoms with Crippen LogP contribution in [0.3, 0.4) is 0 Å². The third-order valence-corrected chi connectivity index (χ3v) is 3.85. The minimum Gasteiger partial charge on any atom is -0.489 e. The van der Waals surface area contributed by atoms with Gasteiger partial charge in [0.1, 0.15) is 17.7 Å². The van der Waals surface area contributed by atoms with Gasteiger partial charge in [0.05, 0.1) is 11.9 Å². The van der Waals surface area contributed by atoms with Gasteiger partial charge in [-0.3, -0.25) is 4.98 Å². The quantitative estimate of drug-likeness (QED) is 0.795. The van der Waals surface area contributed by atoms with Gasteiger partial charge in [0, 0.05) is 30.1 Å². The second-order valence-corrected chi connectivity index (χ2v) is 6.03. The van der Waals surface area contributed by atoms with Crippen molar-refractivity contribution in [2.24, 2.45) is 0 Å². The number of piperidine rings is 1. The molecule has 3 rings (SSSR count). The van der Waals surface area contributed by atoms with Crippen LogP contribution in [0.5, 0.6) is 5.75 Å². The van der Waals surface area contributed by atoms with Gasteiger partial charge in [-0.05, 0) is 44.5 Å². The molecule has 0 aliphatic carbocycles. The lowest BCUT2D eigenvalue weighted by Gasteiger charge is -2.24. The molecule has 1 aliphatic heterocycles. The molecule has 1 aromatic heterocycles. The molecule has 3 N–H and O–H groups in total. The summed E-state index contributed by atoms with van der Waals surface area (Å²) in [5.41, 5.74) is 1.75. The van der Waals surface area contributed by atoms with Crippen molar-refractivity contribution in [3.05, 3.63) is 48.0 Å². The van der Waals surface area contributed by atoms with Gasteiger partial charge in [0.25, 0.3) is 0 Å². The number of carbonyl (C=O) groups is 1. The molecule has 2 amide bonds. The number of hydrogen-bond donors (Lipinski definition) is 3. The minimum absolute atomic E-state index is 0.0101. The summed E-state index contributed by atoms with van der Waals surface area (Å²) in [6, 6.07) is 7.26. The molecule has 0 spiro atoms. The second kappa shape index (κ2) is 7.94. The third kappa shape index (κ3) is 5.15. The first-order valence-electron chi connectivity index (χ1n) is 8.27. The van der Waals surface area contributed by atoms with E-state index in [4.69, 9.17) is 4.74 Å². The Balaban J connectivity index is 1.62. The summed E-state index contributed by atoms with van der Waals surface area (Å²) in [4.78, 5) is 16.2. The van der Waals surface area contributed by atoms with Crippen molar-refractivity contribution in [1.82, 2.24) is 10.3 Å². The summed E-state index contributed by atoms with van der Waals surface area (Å²) in [5, 5.41) is 8.51. The summed E-state index contributed by atoms with van der Waals surface area (Å²) < 4.78 is 19.6. The topological polar surface area (TPSA) is 75.3 Å². The van der Waals surface area contributed by atoms with E-state index in [2.05, 4.69) is 20.9 Å². The molecule has 2 heterocycles. The first kappa shape index (κ1) is 17.2. The highest BCUT2D eigenvalue weighted by molar-refractivity contribution is 5.99. The van der Waals surface area contributed by atoms with Crippen molar-refractivity contribution >= 4 is 17.4 Å². The van der Waals surface area contributed by atoms with E-state index in [1.165, 1.54) is 12.1 Å². The number of halogens is 1. The van der Waals surface area contributed by atoms with E-state index < -0.39 is 11.8 Å². The number of anilines is 2. The number of ether oxygens (including phenoxy) is 1. The summed E-state index contributed by atoms with van der Waals surface area (Å²) >= 11 is 0. The van der Waals surface area contributed by atoms with E-state index >= 15 is 0 Å². The number of aryl methyl sites for hydroxylation is 1. The first-order chi connectivity index (χ1) is 12.1. The summed E-state index contributed by atoms with van der Waals surface area (Å²) in [5.74, 6) is -0.0606. The highest BCUT2D eigenvalue weighted by Gasteiger charge is 2.15. The van der Waals surface area contributed by atoms with Crippen molar-refractivity contribution < 1.29 is 13.9 Å². The second-order valence-electron chi connectivity index (χ2n) is 6.03. The van der Waals surface area contributed by atoms with Gasteiger partial charge in [0.15, 0.2) is 0 Å². The number of rotatable bonds is 4. The standard InChI is InChI=1S/C18H21FN4O2/c1-12-4-5-14(10-21-12)22-18(24)23-15-7-13(19)8-17(9-15)25-16-3-2-6-20-11-16/h4-5,7-10,16,20H,2-3,6,11H2,1H3,(H2,22,23,24)/t16-/m0/s1. The van der Waals surface area contributed by atoms with Gasteiger partial charge < -0.3 is 20.7 Å². The Morgan fingerprint density at radius 1 is 1.28 bits per heavy atom. The molecule has 6 nitrogen and oxygen atoms in total. The molecule has 25 heavy (non-hydrogen) atoms. The normalized spacial score (nSPS) is 17.0. The van der Waals surface area contributed by atoms with Crippen LogP contribution in [0.1, 0.15) is 18.5 Å². The fourth-order valence-electron chi connectivity index (χ4n) is 2.65. The Morgan fingerprint density at radius 2 is 2.12 bits per heavy atom. The fraction of sp³-hybridized carbons (Fsp3) is 0.333. The first-order valence-corrected chi connectivity index (χ1v) is 8.27. The molecule has 1 fully saturated rings. The largest absolute Gasteiger partial charge is 0.489 e. The van der Waals surface area contributed by atoms with Gasteiger partial charge in [-0.15, -0.1) is 0 Å². The van der Waals surface area contributed by atoms with Gasteiger partial charge in [0.2, 0.25) is 0 Å². The Hall–Kier alpha value is -2.67. The van der Waals surface area contributed by atoms with Crippen molar-refractivity contribution in [3.63, 3.8) is 0 Å². The maximum Gasteiger partial charge on any atom is 0.323 e. The molecule has 0 unspecified atom stereocenters. The number of urea groups is 1. The monoisotopic (exact) mass is 344 g/mol. The van der Waals surface area contributed by atoms with E-state index in [1.54, 1.807) is 24.4 Å². The molecule has 1 aromatic carbocycles. The predicted octanol–water partition coefficient (Wildman–Crippen LogP) is 3.30. The molecular weight excluding hydrogens is 323 g/mol. The van der Waals surface area contributed by atoms with Gasteiger partial charge in [-0.25, -0.2) is 9.18 Å². The number of pyridine rings is 1. The van der Waals surface area contributed by atoms with Crippen LogP contribution in [0.15, 0.2) is 36.5 Å². The molecule has 2 aromatic rings. The van der Waals surface area contributed by atoms with Crippen LogP contribution in [0.25, 0.3) is 0 Å². The van der Waals surface area contributed by atoms with E-state index in [0.29, 0.717) is 17.1 Å². The zero-order valence-electron chi connectivity index (χ0n) is 14.0. The Labute approximate surface area is 145 Å². The molecule has 0 bridgehead atoms. The molecule has 0 radical (unpaired) electrons. The van der Waals surface area contributed by atoms with Crippen LogP contribution in [0.4, 0.5) is 20.6 Å². The Morgan fingerprint density at radius 3 is 2.84 bits per heavy atom.